The molecule has 3 aliphatic carbocycles. The summed E-state index contributed by atoms with van der Waals surface area (Å²) in [4.78, 5) is 40.4. The third-order valence-electron chi connectivity index (χ3n) is 8.32. The van der Waals surface area contributed by atoms with Gasteiger partial charge >= 0.3 is 11.9 Å². The highest BCUT2D eigenvalue weighted by atomic mass is 16.6. The minimum absolute atomic E-state index is 0.0892. The molecule has 5 nitrogen and oxygen atoms in total. The summed E-state index contributed by atoms with van der Waals surface area (Å²) in [5, 5.41) is 0. The van der Waals surface area contributed by atoms with Gasteiger partial charge in [-0.15, -0.1) is 0 Å². The third kappa shape index (κ3) is 4.11. The van der Waals surface area contributed by atoms with Crippen LogP contribution in [0.25, 0.3) is 0 Å². The highest BCUT2D eigenvalue weighted by Gasteiger charge is 2.58. The van der Waals surface area contributed by atoms with Crippen LogP contribution in [0.2, 0.25) is 0 Å². The van der Waals surface area contributed by atoms with E-state index < -0.39 is 22.8 Å². The van der Waals surface area contributed by atoms with Gasteiger partial charge < -0.3 is 9.47 Å². The normalized spacial score (nSPS) is 22.7. The van der Waals surface area contributed by atoms with Gasteiger partial charge in [0.1, 0.15) is 19.0 Å². The molecule has 3 aliphatic rings. The summed E-state index contributed by atoms with van der Waals surface area (Å²) in [6.07, 6.45) is 3.44. The Balaban J connectivity index is 1.47. The average molecular weight is 485 g/mol. The summed E-state index contributed by atoms with van der Waals surface area (Å²) >= 11 is 0. The van der Waals surface area contributed by atoms with Crippen molar-refractivity contribution in [3.05, 3.63) is 94.1 Å². The fourth-order valence-corrected chi connectivity index (χ4v) is 6.24. The molecule has 36 heavy (non-hydrogen) atoms. The molecule has 0 aromatic heterocycles. The molecule has 0 heterocycles. The zero-order valence-corrected chi connectivity index (χ0v) is 21.0. The number of allylic oxidation sites excluding steroid dienone is 4. The summed E-state index contributed by atoms with van der Waals surface area (Å²) in [6.45, 7) is 4.24. The first-order chi connectivity index (χ1) is 17.4. The first-order valence-corrected chi connectivity index (χ1v) is 12.7. The minimum Gasteiger partial charge on any atom is -0.460 e. The highest BCUT2D eigenvalue weighted by molar-refractivity contribution is 6.02. The molecule has 1 atom stereocenters. The Morgan fingerprint density at radius 3 is 1.81 bits per heavy atom. The molecule has 2 aromatic carbocycles. The Morgan fingerprint density at radius 1 is 0.778 bits per heavy atom. The average Bonchev–Trinajstić information content (AvgIpc) is 3.49. The quantitative estimate of drug-likeness (QED) is 0.370. The summed E-state index contributed by atoms with van der Waals surface area (Å²) in [5.41, 5.74) is 3.89. The van der Waals surface area contributed by atoms with E-state index >= 15 is 0 Å². The number of esters is 2. The van der Waals surface area contributed by atoms with Crippen LogP contribution in [0.4, 0.5) is 0 Å². The molecule has 1 unspecified atom stereocenters. The van der Waals surface area contributed by atoms with Gasteiger partial charge in [0.25, 0.3) is 0 Å². The van der Waals surface area contributed by atoms with Crippen molar-refractivity contribution in [1.82, 2.24) is 0 Å². The topological polar surface area (TPSA) is 69.7 Å². The second-order valence-electron chi connectivity index (χ2n) is 10.5. The predicted octanol–water partition coefficient (Wildman–Crippen LogP) is 6.03. The number of ketones is 1. The van der Waals surface area contributed by atoms with Crippen molar-refractivity contribution in [1.29, 1.82) is 0 Å². The van der Waals surface area contributed by atoms with E-state index in [0.29, 0.717) is 12.8 Å². The fraction of sp³-hybridized carbons (Fsp3) is 0.387. The SMILES string of the molecule is CC1=C2CC(C(=O)OCc3ccccc3)(C(=O)OCc3ccccc3)CC2=C(C)C2(CCCC2=O)C1. The number of fused-ring (bicyclic) bond motifs is 1. The van der Waals surface area contributed by atoms with E-state index in [1.807, 2.05) is 74.5 Å². The number of benzene rings is 2. The van der Waals surface area contributed by atoms with Gasteiger partial charge in [0.15, 0.2) is 5.41 Å². The van der Waals surface area contributed by atoms with E-state index in [1.54, 1.807) is 0 Å². The monoisotopic (exact) mass is 484 g/mol. The van der Waals surface area contributed by atoms with Crippen molar-refractivity contribution in [3.8, 4) is 0 Å². The molecule has 5 heteroatoms. The Hall–Kier alpha value is -3.47. The number of carbonyl (C=O) groups excluding carboxylic acids is 3. The van der Waals surface area contributed by atoms with Gasteiger partial charge in [-0.3, -0.25) is 14.4 Å². The highest BCUT2D eigenvalue weighted by Crippen LogP contribution is 2.58. The summed E-state index contributed by atoms with van der Waals surface area (Å²) in [5.74, 6) is -0.848. The zero-order valence-electron chi connectivity index (χ0n) is 21.0. The van der Waals surface area contributed by atoms with Crippen molar-refractivity contribution in [2.75, 3.05) is 0 Å². The molecule has 186 valence electrons. The van der Waals surface area contributed by atoms with Crippen molar-refractivity contribution in [2.24, 2.45) is 10.8 Å². The maximum absolute atomic E-state index is 13.7. The van der Waals surface area contributed by atoms with Crippen molar-refractivity contribution >= 4 is 17.7 Å². The Bertz CT molecular complexity index is 1200. The van der Waals surface area contributed by atoms with Gasteiger partial charge in [0.2, 0.25) is 0 Å². The molecule has 0 aliphatic heterocycles. The van der Waals surface area contributed by atoms with Crippen molar-refractivity contribution in [3.63, 3.8) is 0 Å². The van der Waals surface area contributed by atoms with Crippen LogP contribution in [-0.2, 0) is 37.1 Å². The van der Waals surface area contributed by atoms with Crippen LogP contribution in [0.5, 0.6) is 0 Å². The van der Waals surface area contributed by atoms with Gasteiger partial charge in [-0.25, -0.2) is 0 Å². The van der Waals surface area contributed by atoms with Crippen LogP contribution in [0, 0.1) is 10.8 Å². The minimum atomic E-state index is -1.45. The first-order valence-electron chi connectivity index (χ1n) is 12.7. The molecule has 5 rings (SSSR count). The maximum Gasteiger partial charge on any atom is 0.324 e. The van der Waals surface area contributed by atoms with Gasteiger partial charge in [0.05, 0.1) is 5.41 Å². The molecule has 2 fully saturated rings. The van der Waals surface area contributed by atoms with Crippen molar-refractivity contribution < 1.29 is 23.9 Å². The fourth-order valence-electron chi connectivity index (χ4n) is 6.24. The van der Waals surface area contributed by atoms with E-state index in [9.17, 15) is 14.4 Å². The van der Waals surface area contributed by atoms with E-state index in [4.69, 9.17) is 9.47 Å². The molecule has 0 saturated heterocycles. The Labute approximate surface area is 212 Å². The van der Waals surface area contributed by atoms with Crippen LogP contribution in [-0.4, -0.2) is 17.7 Å². The molecule has 1 spiro atoms. The Kier molecular flexibility index (Phi) is 6.42. The lowest BCUT2D eigenvalue weighted by atomic mass is 9.67. The second kappa shape index (κ2) is 9.53. The second-order valence-corrected chi connectivity index (χ2v) is 10.5. The number of Topliss-reactive ketones (excluding diaryl/α,β-unsaturated/α-hetero) is 1. The first kappa shape index (κ1) is 24.2. The van der Waals surface area contributed by atoms with Gasteiger partial charge in [-0.05, 0) is 68.2 Å². The number of hydrogen-bond acceptors (Lipinski definition) is 5. The van der Waals surface area contributed by atoms with Gasteiger partial charge in [-0.1, -0.05) is 71.8 Å². The van der Waals surface area contributed by atoms with E-state index in [-0.39, 0.29) is 31.8 Å². The van der Waals surface area contributed by atoms with Gasteiger partial charge in [0, 0.05) is 6.42 Å². The molecule has 2 aromatic rings. The Morgan fingerprint density at radius 2 is 1.31 bits per heavy atom. The molecular weight excluding hydrogens is 452 g/mol. The van der Waals surface area contributed by atoms with Crippen LogP contribution in [0.15, 0.2) is 83.0 Å². The van der Waals surface area contributed by atoms with Crippen LogP contribution < -0.4 is 0 Å². The molecule has 0 amide bonds. The van der Waals surface area contributed by atoms with Crippen LogP contribution >= 0.6 is 0 Å². The van der Waals surface area contributed by atoms with E-state index in [2.05, 4.69) is 0 Å². The molecular formula is C31H32O5. The molecule has 0 N–H and O–H groups in total. The lowest BCUT2D eigenvalue weighted by Gasteiger charge is -2.35. The molecule has 0 radical (unpaired) electrons. The lowest BCUT2D eigenvalue weighted by Crippen LogP contribution is -2.39. The maximum atomic E-state index is 13.7. The number of rotatable bonds is 6. The third-order valence-corrected chi connectivity index (χ3v) is 8.32. The van der Waals surface area contributed by atoms with Crippen LogP contribution in [0.1, 0.15) is 63.5 Å². The largest absolute Gasteiger partial charge is 0.460 e. The predicted molar refractivity (Wildman–Crippen MR) is 135 cm³/mol. The molecule has 0 bridgehead atoms. The zero-order chi connectivity index (χ0) is 25.3. The van der Waals surface area contributed by atoms with E-state index in [0.717, 1.165) is 46.3 Å². The number of carbonyl (C=O) groups is 3. The lowest BCUT2D eigenvalue weighted by molar-refractivity contribution is -0.173. The van der Waals surface area contributed by atoms with Crippen molar-refractivity contribution in [2.45, 2.75) is 65.6 Å². The van der Waals surface area contributed by atoms with Gasteiger partial charge in [-0.2, -0.15) is 0 Å². The van der Waals surface area contributed by atoms with Crippen LogP contribution in [0.3, 0.4) is 0 Å². The van der Waals surface area contributed by atoms with E-state index in [1.165, 1.54) is 0 Å². The number of ether oxygens (including phenoxy) is 2. The number of hydrogen-bond donors (Lipinski definition) is 0. The standard InChI is InChI=1S/C31H32O5/c1-21-16-30(15-9-14-27(30)32)22(2)26-18-31(17-25(21)26,28(33)35-19-23-10-5-3-6-11-23)29(34)36-20-24-12-7-4-8-13-24/h3-8,10-13H,9,14-20H2,1-2H3. The summed E-state index contributed by atoms with van der Waals surface area (Å²) in [7, 11) is 0. The summed E-state index contributed by atoms with van der Waals surface area (Å²) in [6, 6.07) is 18.9. The smallest absolute Gasteiger partial charge is 0.324 e. The molecule has 2 saturated carbocycles. The summed E-state index contributed by atoms with van der Waals surface area (Å²) < 4.78 is 11.5.